The number of primary amides is 1. The number of esters is 1. The van der Waals surface area contributed by atoms with Crippen LogP contribution in [-0.4, -0.2) is 37.5 Å². The van der Waals surface area contributed by atoms with Crippen LogP contribution in [0.4, 0.5) is 10.7 Å². The molecule has 3 rings (SSSR count). The van der Waals surface area contributed by atoms with Crippen LogP contribution < -0.4 is 16.0 Å². The van der Waals surface area contributed by atoms with Crippen molar-refractivity contribution in [1.82, 2.24) is 0 Å². The lowest BCUT2D eigenvalue weighted by Crippen LogP contribution is -2.36. The maximum absolute atomic E-state index is 12.7. The van der Waals surface area contributed by atoms with Crippen LogP contribution in [0.2, 0.25) is 0 Å². The minimum Gasteiger partial charge on any atom is -0.462 e. The summed E-state index contributed by atoms with van der Waals surface area (Å²) in [6, 6.07) is 8.02. The van der Waals surface area contributed by atoms with Crippen molar-refractivity contribution < 1.29 is 19.1 Å². The van der Waals surface area contributed by atoms with Gasteiger partial charge in [-0.2, -0.15) is 0 Å². The molecule has 148 valence electrons. The molecule has 1 aliphatic heterocycles. The third-order valence-electron chi connectivity index (χ3n) is 4.64. The Morgan fingerprint density at radius 1 is 1.29 bits per heavy atom. The number of thiophene rings is 1. The number of amides is 2. The number of rotatable bonds is 6. The number of nitrogens with one attached hydrogen (secondary N) is 1. The van der Waals surface area contributed by atoms with Crippen LogP contribution in [0.15, 0.2) is 24.3 Å². The van der Waals surface area contributed by atoms with Crippen molar-refractivity contribution in [2.24, 2.45) is 5.73 Å². The van der Waals surface area contributed by atoms with Crippen LogP contribution in [0.5, 0.6) is 0 Å². The summed E-state index contributed by atoms with van der Waals surface area (Å²) >= 11 is 0.999. The normalized spacial score (nSPS) is 13.0. The van der Waals surface area contributed by atoms with Gasteiger partial charge in [-0.1, -0.05) is 18.2 Å². The highest BCUT2D eigenvalue weighted by molar-refractivity contribution is 7.18. The Hall–Kier alpha value is -2.87. The van der Waals surface area contributed by atoms with Gasteiger partial charge in [-0.3, -0.25) is 9.59 Å². The first kappa shape index (κ1) is 19.9. The van der Waals surface area contributed by atoms with E-state index in [1.807, 2.05) is 23.1 Å². The average Bonchev–Trinajstić information content (AvgIpc) is 2.98. The van der Waals surface area contributed by atoms with Gasteiger partial charge in [0.15, 0.2) is 0 Å². The topological polar surface area (TPSA) is 102 Å². The number of carbonyl (C=O) groups excluding carboxylic acids is 3. The molecule has 0 bridgehead atoms. The largest absolute Gasteiger partial charge is 0.462 e. The molecule has 2 heterocycles. The molecule has 0 aliphatic carbocycles. The number of nitrogens with two attached hydrogens (primary N) is 1. The van der Waals surface area contributed by atoms with Gasteiger partial charge < -0.3 is 20.7 Å². The van der Waals surface area contributed by atoms with Crippen LogP contribution in [0, 0.1) is 6.92 Å². The summed E-state index contributed by atoms with van der Waals surface area (Å²) in [6.07, 6.45) is 1.97. The monoisotopic (exact) mass is 401 g/mol. The van der Waals surface area contributed by atoms with Crippen molar-refractivity contribution in [3.8, 4) is 0 Å². The van der Waals surface area contributed by atoms with Crippen molar-refractivity contribution in [3.05, 3.63) is 45.8 Å². The summed E-state index contributed by atoms with van der Waals surface area (Å²) in [5.41, 5.74) is 8.29. The van der Waals surface area contributed by atoms with Crippen LogP contribution in [0.3, 0.4) is 0 Å². The molecular weight excluding hydrogens is 378 g/mol. The lowest BCUT2D eigenvalue weighted by Gasteiger charge is -2.30. The zero-order chi connectivity index (χ0) is 20.3. The van der Waals surface area contributed by atoms with Gasteiger partial charge in [-0.25, -0.2) is 4.79 Å². The number of anilines is 2. The molecule has 1 aromatic heterocycles. The number of aryl methyl sites for hydroxylation is 1. The van der Waals surface area contributed by atoms with Crippen molar-refractivity contribution in [3.63, 3.8) is 0 Å². The number of carbonyl (C=O) groups is 3. The Balaban J connectivity index is 1.82. The maximum Gasteiger partial charge on any atom is 0.341 e. The summed E-state index contributed by atoms with van der Waals surface area (Å²) in [4.78, 5) is 39.0. The molecule has 3 N–H and O–H groups in total. The molecule has 0 saturated carbocycles. The minimum atomic E-state index is -0.640. The fourth-order valence-electron chi connectivity index (χ4n) is 3.40. The molecule has 8 heteroatoms. The van der Waals surface area contributed by atoms with Gasteiger partial charge in [0.1, 0.15) is 5.00 Å². The van der Waals surface area contributed by atoms with Gasteiger partial charge in [0.05, 0.1) is 23.6 Å². The Labute approximate surface area is 167 Å². The molecule has 2 amide bonds. The maximum atomic E-state index is 12.7. The number of nitrogens with zero attached hydrogens (tertiary/aromatic N) is 1. The number of para-hydroxylation sites is 1. The van der Waals surface area contributed by atoms with E-state index >= 15 is 0 Å². The predicted octanol–water partition coefficient (Wildman–Crippen LogP) is 2.72. The standard InChI is InChI=1S/C20H23N3O4S/c1-3-27-20(26)16-12(2)17(18(21)25)28-19(16)22-15(24)11-23-10-6-8-13-7-4-5-9-14(13)23/h4-5,7,9H,3,6,8,10-11H2,1-2H3,(H2,21,25)(H,22,24). The highest BCUT2D eigenvalue weighted by Gasteiger charge is 2.26. The number of hydrogen-bond acceptors (Lipinski definition) is 6. The fraction of sp³-hybridized carbons (Fsp3) is 0.350. The summed E-state index contributed by atoms with van der Waals surface area (Å²) in [7, 11) is 0. The Bertz CT molecular complexity index is 922. The average molecular weight is 401 g/mol. The second-order valence-electron chi connectivity index (χ2n) is 6.55. The quantitative estimate of drug-likeness (QED) is 0.725. The summed E-state index contributed by atoms with van der Waals surface area (Å²) in [6.45, 7) is 4.45. The molecule has 1 aromatic carbocycles. The van der Waals surface area contributed by atoms with Gasteiger partial charge in [0.25, 0.3) is 5.91 Å². The number of ether oxygens (including phenoxy) is 1. The molecule has 0 atom stereocenters. The molecule has 1 aliphatic rings. The zero-order valence-electron chi connectivity index (χ0n) is 15.9. The predicted molar refractivity (Wildman–Crippen MR) is 109 cm³/mol. The molecule has 2 aromatic rings. The van der Waals surface area contributed by atoms with Gasteiger partial charge in [0.2, 0.25) is 5.91 Å². The van der Waals surface area contributed by atoms with E-state index in [-0.39, 0.29) is 29.5 Å². The van der Waals surface area contributed by atoms with E-state index in [4.69, 9.17) is 10.5 Å². The molecule has 0 unspecified atom stereocenters. The van der Waals surface area contributed by atoms with Crippen LogP contribution in [0.1, 0.15) is 44.5 Å². The minimum absolute atomic E-state index is 0.155. The van der Waals surface area contributed by atoms with E-state index in [0.717, 1.165) is 36.4 Å². The summed E-state index contributed by atoms with van der Waals surface area (Å²) in [5.74, 6) is -1.49. The van der Waals surface area contributed by atoms with E-state index in [9.17, 15) is 14.4 Å². The fourth-order valence-corrected chi connectivity index (χ4v) is 4.46. The second-order valence-corrected chi connectivity index (χ2v) is 7.57. The van der Waals surface area contributed by atoms with Crippen LogP contribution in [-0.2, 0) is 16.0 Å². The van der Waals surface area contributed by atoms with Crippen molar-refractivity contribution in [1.29, 1.82) is 0 Å². The zero-order valence-corrected chi connectivity index (χ0v) is 16.7. The van der Waals surface area contributed by atoms with Gasteiger partial charge in [0, 0.05) is 12.2 Å². The van der Waals surface area contributed by atoms with Crippen molar-refractivity contribution >= 4 is 39.8 Å². The Morgan fingerprint density at radius 2 is 2.04 bits per heavy atom. The third kappa shape index (κ3) is 4.01. The van der Waals surface area contributed by atoms with Crippen molar-refractivity contribution in [2.45, 2.75) is 26.7 Å². The summed E-state index contributed by atoms with van der Waals surface area (Å²) < 4.78 is 5.07. The van der Waals surface area contributed by atoms with Crippen LogP contribution in [0.25, 0.3) is 0 Å². The number of fused-ring (bicyclic) bond motifs is 1. The molecular formula is C20H23N3O4S. The first-order valence-corrected chi connectivity index (χ1v) is 9.97. The lowest BCUT2D eigenvalue weighted by molar-refractivity contribution is -0.115. The molecule has 7 nitrogen and oxygen atoms in total. The van der Waals surface area contributed by atoms with Gasteiger partial charge in [-0.15, -0.1) is 11.3 Å². The third-order valence-corrected chi connectivity index (χ3v) is 5.87. The number of hydrogen-bond donors (Lipinski definition) is 2. The van der Waals surface area contributed by atoms with E-state index < -0.39 is 11.9 Å². The highest BCUT2D eigenvalue weighted by Crippen LogP contribution is 2.34. The van der Waals surface area contributed by atoms with E-state index in [2.05, 4.69) is 11.4 Å². The molecule has 0 saturated heterocycles. The Morgan fingerprint density at radius 3 is 2.75 bits per heavy atom. The van der Waals surface area contributed by atoms with E-state index in [1.165, 1.54) is 5.56 Å². The van der Waals surface area contributed by atoms with E-state index in [1.54, 1.807) is 13.8 Å². The Kier molecular flexibility index (Phi) is 5.99. The van der Waals surface area contributed by atoms with E-state index in [0.29, 0.717) is 10.6 Å². The number of benzene rings is 1. The first-order chi connectivity index (χ1) is 13.4. The first-order valence-electron chi connectivity index (χ1n) is 9.15. The molecule has 0 spiro atoms. The molecule has 0 fully saturated rings. The molecule has 0 radical (unpaired) electrons. The lowest BCUT2D eigenvalue weighted by atomic mass is 10.0. The SMILES string of the molecule is CCOC(=O)c1c(NC(=O)CN2CCCc3ccccc32)sc(C(N)=O)c1C. The van der Waals surface area contributed by atoms with Crippen LogP contribution >= 0.6 is 11.3 Å². The summed E-state index contributed by atoms with van der Waals surface area (Å²) in [5, 5.41) is 3.07. The smallest absolute Gasteiger partial charge is 0.341 e. The van der Waals surface area contributed by atoms with Gasteiger partial charge >= 0.3 is 5.97 Å². The second kappa shape index (κ2) is 8.43. The van der Waals surface area contributed by atoms with Crippen molar-refractivity contribution in [2.75, 3.05) is 29.9 Å². The highest BCUT2D eigenvalue weighted by atomic mass is 32.1. The van der Waals surface area contributed by atoms with Gasteiger partial charge in [-0.05, 0) is 43.9 Å². The molecule has 28 heavy (non-hydrogen) atoms.